The number of imidazole rings is 1. The molecule has 0 aliphatic carbocycles. The Bertz CT molecular complexity index is 401. The van der Waals surface area contributed by atoms with E-state index < -0.39 is 0 Å². The van der Waals surface area contributed by atoms with Crippen LogP contribution in [0.2, 0.25) is 0 Å². The molecule has 19 heavy (non-hydrogen) atoms. The van der Waals surface area contributed by atoms with E-state index in [9.17, 15) is 0 Å². The molecule has 5 heteroatoms. The molecule has 2 aliphatic heterocycles. The van der Waals surface area contributed by atoms with Gasteiger partial charge in [0.1, 0.15) is 11.9 Å². The lowest BCUT2D eigenvalue weighted by Crippen LogP contribution is -2.44. The molecular weight excluding hydrogens is 242 g/mol. The highest BCUT2D eigenvalue weighted by Crippen LogP contribution is 2.29. The molecule has 2 aliphatic rings. The molecule has 0 radical (unpaired) electrons. The van der Waals surface area contributed by atoms with Crippen molar-refractivity contribution >= 4 is 0 Å². The van der Waals surface area contributed by atoms with Crippen molar-refractivity contribution in [3.05, 3.63) is 18.2 Å². The van der Waals surface area contributed by atoms with Crippen LogP contribution in [0.1, 0.15) is 38.1 Å². The second-order valence-electron chi connectivity index (χ2n) is 5.34. The van der Waals surface area contributed by atoms with Crippen LogP contribution in [0.3, 0.4) is 0 Å². The summed E-state index contributed by atoms with van der Waals surface area (Å²) in [5.74, 6) is 1.05. The topological polar surface area (TPSA) is 48.3 Å². The van der Waals surface area contributed by atoms with Gasteiger partial charge in [0, 0.05) is 44.2 Å². The number of nitrogens with one attached hydrogen (secondary N) is 1. The molecule has 2 saturated heterocycles. The van der Waals surface area contributed by atoms with Crippen LogP contribution in [0.4, 0.5) is 0 Å². The summed E-state index contributed by atoms with van der Waals surface area (Å²) in [4.78, 5) is 4.48. The van der Waals surface area contributed by atoms with E-state index in [4.69, 9.17) is 9.47 Å². The van der Waals surface area contributed by atoms with Crippen LogP contribution < -0.4 is 5.32 Å². The Morgan fingerprint density at radius 2 is 2.37 bits per heavy atom. The van der Waals surface area contributed by atoms with Gasteiger partial charge in [0.2, 0.25) is 0 Å². The summed E-state index contributed by atoms with van der Waals surface area (Å²) in [6, 6.07) is 0.826. The van der Waals surface area contributed by atoms with Gasteiger partial charge in [-0.15, -0.1) is 0 Å². The van der Waals surface area contributed by atoms with E-state index in [0.29, 0.717) is 12.1 Å². The number of aryl methyl sites for hydroxylation is 1. The monoisotopic (exact) mass is 265 g/mol. The van der Waals surface area contributed by atoms with E-state index in [1.54, 1.807) is 0 Å². The summed E-state index contributed by atoms with van der Waals surface area (Å²) in [7, 11) is 0. The summed E-state index contributed by atoms with van der Waals surface area (Å²) in [5.41, 5.74) is 0. The molecule has 1 N–H and O–H groups in total. The average molecular weight is 265 g/mol. The van der Waals surface area contributed by atoms with Crippen molar-refractivity contribution in [1.29, 1.82) is 0 Å². The third-order valence-electron chi connectivity index (χ3n) is 4.04. The van der Waals surface area contributed by atoms with Gasteiger partial charge in [-0.2, -0.15) is 0 Å². The van der Waals surface area contributed by atoms with Gasteiger partial charge < -0.3 is 19.4 Å². The molecule has 0 bridgehead atoms. The molecule has 3 rings (SSSR count). The molecule has 3 heterocycles. The minimum Gasteiger partial charge on any atom is -0.380 e. The largest absolute Gasteiger partial charge is 0.380 e. The number of nitrogens with zero attached hydrogens (tertiary/aromatic N) is 2. The van der Waals surface area contributed by atoms with Crippen molar-refractivity contribution in [3.8, 4) is 0 Å². The maximum Gasteiger partial charge on any atom is 0.139 e. The average Bonchev–Trinajstić information content (AvgIpc) is 3.07. The summed E-state index contributed by atoms with van der Waals surface area (Å²) < 4.78 is 13.6. The smallest absolute Gasteiger partial charge is 0.139 e. The van der Waals surface area contributed by atoms with Gasteiger partial charge in [0.25, 0.3) is 0 Å². The van der Waals surface area contributed by atoms with E-state index >= 15 is 0 Å². The zero-order valence-electron chi connectivity index (χ0n) is 11.5. The SMILES string of the molecule is CCn1ccnc1[C@H]1OCC[C@@H]1N[C@@H]1CCCOC1. The third-order valence-corrected chi connectivity index (χ3v) is 4.04. The quantitative estimate of drug-likeness (QED) is 0.896. The maximum absolute atomic E-state index is 5.91. The molecule has 0 unspecified atom stereocenters. The van der Waals surface area contributed by atoms with Crippen molar-refractivity contribution in [2.24, 2.45) is 0 Å². The Kier molecular flexibility index (Phi) is 4.15. The Hall–Kier alpha value is -0.910. The van der Waals surface area contributed by atoms with Gasteiger partial charge in [-0.05, 0) is 26.2 Å². The first-order valence-corrected chi connectivity index (χ1v) is 7.35. The summed E-state index contributed by atoms with van der Waals surface area (Å²) >= 11 is 0. The highest BCUT2D eigenvalue weighted by Gasteiger charge is 2.34. The first kappa shape index (κ1) is 13.1. The zero-order chi connectivity index (χ0) is 13.1. The Balaban J connectivity index is 1.67. The number of ether oxygens (including phenoxy) is 2. The van der Waals surface area contributed by atoms with E-state index in [1.807, 2.05) is 12.4 Å². The van der Waals surface area contributed by atoms with Gasteiger partial charge in [0.05, 0.1) is 6.61 Å². The molecular formula is C14H23N3O2. The first-order valence-electron chi connectivity index (χ1n) is 7.35. The van der Waals surface area contributed by atoms with Crippen LogP contribution in [0.15, 0.2) is 12.4 Å². The van der Waals surface area contributed by atoms with Crippen molar-refractivity contribution in [1.82, 2.24) is 14.9 Å². The van der Waals surface area contributed by atoms with E-state index in [2.05, 4.69) is 21.8 Å². The molecule has 1 aromatic heterocycles. The number of rotatable bonds is 4. The van der Waals surface area contributed by atoms with Crippen LogP contribution in [0.25, 0.3) is 0 Å². The van der Waals surface area contributed by atoms with Crippen LogP contribution in [0.5, 0.6) is 0 Å². The molecule has 5 nitrogen and oxygen atoms in total. The van der Waals surface area contributed by atoms with Crippen molar-refractivity contribution in [2.75, 3.05) is 19.8 Å². The van der Waals surface area contributed by atoms with Gasteiger partial charge in [-0.3, -0.25) is 0 Å². The van der Waals surface area contributed by atoms with Crippen LogP contribution in [0, 0.1) is 0 Å². The highest BCUT2D eigenvalue weighted by molar-refractivity contribution is 5.03. The van der Waals surface area contributed by atoms with Gasteiger partial charge in [-0.25, -0.2) is 4.98 Å². The van der Waals surface area contributed by atoms with E-state index in [-0.39, 0.29) is 6.10 Å². The minimum atomic E-state index is 0.0804. The minimum absolute atomic E-state index is 0.0804. The highest BCUT2D eigenvalue weighted by atomic mass is 16.5. The summed E-state index contributed by atoms with van der Waals surface area (Å²) in [5, 5.41) is 3.70. The third kappa shape index (κ3) is 2.83. The molecule has 0 spiro atoms. The Morgan fingerprint density at radius 1 is 1.42 bits per heavy atom. The molecule has 1 aromatic rings. The summed E-state index contributed by atoms with van der Waals surface area (Å²) in [6.45, 7) is 5.62. The molecule has 0 amide bonds. The number of hydrogen-bond donors (Lipinski definition) is 1. The number of hydrogen-bond acceptors (Lipinski definition) is 4. The fraction of sp³-hybridized carbons (Fsp3) is 0.786. The molecule has 106 valence electrons. The van der Waals surface area contributed by atoms with Crippen molar-refractivity contribution < 1.29 is 9.47 Å². The lowest BCUT2D eigenvalue weighted by molar-refractivity contribution is 0.0515. The second kappa shape index (κ2) is 6.03. The normalized spacial score (nSPS) is 31.7. The second-order valence-corrected chi connectivity index (χ2v) is 5.34. The maximum atomic E-state index is 5.91. The van der Waals surface area contributed by atoms with Crippen molar-refractivity contribution in [3.63, 3.8) is 0 Å². The predicted octanol–water partition coefficient (Wildman–Crippen LogP) is 1.50. The van der Waals surface area contributed by atoms with E-state index in [0.717, 1.165) is 45.0 Å². The Morgan fingerprint density at radius 3 is 3.16 bits per heavy atom. The first-order chi connectivity index (χ1) is 9.38. The van der Waals surface area contributed by atoms with Crippen molar-refractivity contribution in [2.45, 2.75) is 50.9 Å². The van der Waals surface area contributed by atoms with Crippen LogP contribution in [-0.4, -0.2) is 41.5 Å². The molecule has 0 saturated carbocycles. The number of aromatic nitrogens is 2. The van der Waals surface area contributed by atoms with Crippen LogP contribution in [-0.2, 0) is 16.0 Å². The summed E-state index contributed by atoms with van der Waals surface area (Å²) in [6.07, 6.45) is 7.37. The fourth-order valence-corrected chi connectivity index (χ4v) is 3.03. The Labute approximate surface area is 114 Å². The molecule has 0 aromatic carbocycles. The van der Waals surface area contributed by atoms with Crippen LogP contribution >= 0.6 is 0 Å². The molecule has 2 fully saturated rings. The fourth-order valence-electron chi connectivity index (χ4n) is 3.03. The van der Waals surface area contributed by atoms with Gasteiger partial charge >= 0.3 is 0 Å². The van der Waals surface area contributed by atoms with Gasteiger partial charge in [-0.1, -0.05) is 0 Å². The van der Waals surface area contributed by atoms with Gasteiger partial charge in [0.15, 0.2) is 0 Å². The standard InChI is InChI=1S/C14H23N3O2/c1-2-17-7-6-15-14(17)13-12(5-9-19-13)16-11-4-3-8-18-10-11/h6-7,11-13,16H,2-5,8-10H2,1H3/t11-,12+,13+/m1/s1. The lowest BCUT2D eigenvalue weighted by atomic mass is 10.1. The molecule has 3 atom stereocenters. The predicted molar refractivity (Wildman–Crippen MR) is 72.0 cm³/mol. The van der Waals surface area contributed by atoms with E-state index in [1.165, 1.54) is 6.42 Å². The lowest BCUT2D eigenvalue weighted by Gasteiger charge is -2.28. The zero-order valence-corrected chi connectivity index (χ0v) is 11.5.